The SMILES string of the molecule is CCN(CC)S(=O)(=O)c1cccc(-c2nnc(SCC(=O)Nc3cc(C)ccc3OC)n2-c2ccccc2)c1. The molecule has 0 fully saturated rings. The number of amides is 1. The molecule has 0 bridgehead atoms. The molecule has 204 valence electrons. The maximum atomic E-state index is 13.2. The number of benzene rings is 3. The van der Waals surface area contributed by atoms with Crippen molar-refractivity contribution in [2.24, 2.45) is 0 Å². The Morgan fingerprint density at radius 3 is 2.44 bits per heavy atom. The summed E-state index contributed by atoms with van der Waals surface area (Å²) in [7, 11) is -2.10. The second kappa shape index (κ2) is 12.5. The number of hydrogen-bond donors (Lipinski definition) is 1. The Morgan fingerprint density at radius 2 is 1.74 bits per heavy atom. The number of ether oxygens (including phenoxy) is 1. The Bertz CT molecular complexity index is 1550. The number of nitrogens with zero attached hydrogens (tertiary/aromatic N) is 4. The number of aromatic nitrogens is 3. The second-order valence-electron chi connectivity index (χ2n) is 8.63. The van der Waals surface area contributed by atoms with E-state index in [-0.39, 0.29) is 16.6 Å². The molecule has 4 aromatic rings. The third-order valence-electron chi connectivity index (χ3n) is 6.04. The molecule has 3 aromatic carbocycles. The fourth-order valence-electron chi connectivity index (χ4n) is 4.10. The molecule has 0 aliphatic heterocycles. The maximum Gasteiger partial charge on any atom is 0.243 e. The van der Waals surface area contributed by atoms with Crippen LogP contribution in [0.3, 0.4) is 0 Å². The summed E-state index contributed by atoms with van der Waals surface area (Å²) in [5, 5.41) is 12.2. The van der Waals surface area contributed by atoms with E-state index >= 15 is 0 Å². The van der Waals surface area contributed by atoms with Gasteiger partial charge in [-0.25, -0.2) is 8.42 Å². The van der Waals surface area contributed by atoms with Gasteiger partial charge in [0.1, 0.15) is 5.75 Å². The molecule has 0 saturated carbocycles. The number of hydrogen-bond acceptors (Lipinski definition) is 7. The van der Waals surface area contributed by atoms with Crippen molar-refractivity contribution in [3.63, 3.8) is 0 Å². The highest BCUT2D eigenvalue weighted by Gasteiger charge is 2.24. The van der Waals surface area contributed by atoms with E-state index in [4.69, 9.17) is 4.74 Å². The quantitative estimate of drug-likeness (QED) is 0.255. The minimum atomic E-state index is -3.65. The van der Waals surface area contributed by atoms with E-state index in [0.29, 0.717) is 41.1 Å². The van der Waals surface area contributed by atoms with Crippen LogP contribution in [0.1, 0.15) is 19.4 Å². The zero-order valence-corrected chi connectivity index (χ0v) is 23.9. The number of anilines is 1. The molecule has 0 aliphatic rings. The molecule has 0 aliphatic carbocycles. The number of carbonyl (C=O) groups is 1. The normalized spacial score (nSPS) is 11.5. The van der Waals surface area contributed by atoms with Crippen LogP contribution in [0.15, 0.2) is 82.8 Å². The van der Waals surface area contributed by atoms with Crippen LogP contribution >= 0.6 is 11.8 Å². The largest absolute Gasteiger partial charge is 0.495 e. The molecule has 0 unspecified atom stereocenters. The topological polar surface area (TPSA) is 106 Å². The summed E-state index contributed by atoms with van der Waals surface area (Å²) in [4.78, 5) is 13.0. The molecule has 0 atom stereocenters. The van der Waals surface area contributed by atoms with Crippen molar-refractivity contribution >= 4 is 33.4 Å². The van der Waals surface area contributed by atoms with E-state index in [1.807, 2.05) is 73.9 Å². The summed E-state index contributed by atoms with van der Waals surface area (Å²) in [6, 6.07) is 21.8. The van der Waals surface area contributed by atoms with E-state index in [1.165, 1.54) is 16.1 Å². The zero-order chi connectivity index (χ0) is 28.0. The molecular weight excluding hydrogens is 534 g/mol. The molecular formula is C28H31N5O4S2. The van der Waals surface area contributed by atoms with Crippen molar-refractivity contribution in [2.75, 3.05) is 31.3 Å². The van der Waals surface area contributed by atoms with E-state index in [0.717, 1.165) is 11.3 Å². The van der Waals surface area contributed by atoms with Crippen molar-refractivity contribution in [2.45, 2.75) is 30.8 Å². The average molecular weight is 566 g/mol. The van der Waals surface area contributed by atoms with Gasteiger partial charge in [-0.2, -0.15) is 4.31 Å². The second-order valence-corrected chi connectivity index (χ2v) is 11.5. The third kappa shape index (κ3) is 6.32. The number of aryl methyl sites for hydroxylation is 1. The van der Waals surface area contributed by atoms with Crippen molar-refractivity contribution in [1.82, 2.24) is 19.1 Å². The molecule has 1 N–H and O–H groups in total. The standard InChI is InChI=1S/C28H31N5O4S2/c1-5-32(6-2)39(35,36)23-14-10-11-21(18-23)27-30-31-28(33(27)22-12-8-7-9-13-22)38-19-26(34)29-24-17-20(3)15-16-25(24)37-4/h7-18H,5-6,19H2,1-4H3,(H,29,34). The van der Waals surface area contributed by atoms with Crippen LogP contribution in [0.25, 0.3) is 17.1 Å². The fourth-order valence-corrected chi connectivity index (χ4v) is 6.36. The molecule has 9 nitrogen and oxygen atoms in total. The molecule has 1 amide bonds. The molecule has 1 aromatic heterocycles. The Kier molecular flexibility index (Phi) is 9.05. The zero-order valence-electron chi connectivity index (χ0n) is 22.3. The summed E-state index contributed by atoms with van der Waals surface area (Å²) in [5.41, 5.74) is 2.98. The predicted molar refractivity (Wildman–Crippen MR) is 154 cm³/mol. The van der Waals surface area contributed by atoms with Gasteiger partial charge in [0.2, 0.25) is 15.9 Å². The summed E-state index contributed by atoms with van der Waals surface area (Å²) < 4.78 is 34.9. The molecule has 1 heterocycles. The molecule has 0 spiro atoms. The summed E-state index contributed by atoms with van der Waals surface area (Å²) in [6.45, 7) is 6.31. The number of thioether (sulfide) groups is 1. The number of sulfonamides is 1. The highest BCUT2D eigenvalue weighted by molar-refractivity contribution is 7.99. The van der Waals surface area contributed by atoms with Crippen molar-refractivity contribution in [3.05, 3.63) is 78.4 Å². The smallest absolute Gasteiger partial charge is 0.243 e. The third-order valence-corrected chi connectivity index (χ3v) is 9.02. The Morgan fingerprint density at radius 1 is 1.00 bits per heavy atom. The van der Waals surface area contributed by atoms with Gasteiger partial charge in [0.05, 0.1) is 23.4 Å². The van der Waals surface area contributed by atoms with Gasteiger partial charge in [-0.3, -0.25) is 9.36 Å². The Labute approximate surface area is 233 Å². The van der Waals surface area contributed by atoms with Crippen molar-refractivity contribution < 1.29 is 17.9 Å². The summed E-state index contributed by atoms with van der Waals surface area (Å²) in [6.07, 6.45) is 0. The van der Waals surface area contributed by atoms with E-state index in [9.17, 15) is 13.2 Å². The molecule has 0 radical (unpaired) electrons. The Hall–Kier alpha value is -3.67. The number of nitrogens with one attached hydrogen (secondary N) is 1. The van der Waals surface area contributed by atoms with Gasteiger partial charge in [-0.05, 0) is 48.9 Å². The number of para-hydroxylation sites is 1. The lowest BCUT2D eigenvalue weighted by molar-refractivity contribution is -0.113. The molecule has 0 saturated heterocycles. The number of carbonyl (C=O) groups excluding carboxylic acids is 1. The van der Waals surface area contributed by atoms with Crippen LogP contribution < -0.4 is 10.1 Å². The van der Waals surface area contributed by atoms with Gasteiger partial charge in [-0.1, -0.05) is 62.0 Å². The first-order valence-corrected chi connectivity index (χ1v) is 14.9. The van der Waals surface area contributed by atoms with E-state index in [2.05, 4.69) is 15.5 Å². The predicted octanol–water partition coefficient (Wildman–Crippen LogP) is 5.01. The summed E-state index contributed by atoms with van der Waals surface area (Å²) in [5.74, 6) is 0.910. The van der Waals surface area contributed by atoms with Crippen LogP contribution in [0, 0.1) is 6.92 Å². The van der Waals surface area contributed by atoms with E-state index in [1.54, 1.807) is 31.4 Å². The van der Waals surface area contributed by atoms with Crippen LogP contribution in [0.5, 0.6) is 5.75 Å². The van der Waals surface area contributed by atoms with Crippen LogP contribution in [-0.2, 0) is 14.8 Å². The molecule has 39 heavy (non-hydrogen) atoms. The van der Waals surface area contributed by atoms with Crippen LogP contribution in [0.4, 0.5) is 5.69 Å². The first-order chi connectivity index (χ1) is 18.8. The van der Waals surface area contributed by atoms with Gasteiger partial charge in [-0.15, -0.1) is 10.2 Å². The van der Waals surface area contributed by atoms with Gasteiger partial charge >= 0.3 is 0 Å². The molecule has 4 rings (SSSR count). The highest BCUT2D eigenvalue weighted by Crippen LogP contribution is 2.30. The molecule has 11 heteroatoms. The number of methoxy groups -OCH3 is 1. The fraction of sp³-hybridized carbons (Fsp3) is 0.250. The van der Waals surface area contributed by atoms with Gasteiger partial charge < -0.3 is 10.1 Å². The average Bonchev–Trinajstić information content (AvgIpc) is 3.37. The van der Waals surface area contributed by atoms with Gasteiger partial charge in [0, 0.05) is 24.3 Å². The minimum Gasteiger partial charge on any atom is -0.495 e. The van der Waals surface area contributed by atoms with Crippen molar-refractivity contribution in [3.8, 4) is 22.8 Å². The maximum absolute atomic E-state index is 13.2. The lowest BCUT2D eigenvalue weighted by atomic mass is 10.2. The van der Waals surface area contributed by atoms with Crippen LogP contribution in [0.2, 0.25) is 0 Å². The number of rotatable bonds is 11. The summed E-state index contributed by atoms with van der Waals surface area (Å²) >= 11 is 1.23. The van der Waals surface area contributed by atoms with Gasteiger partial charge in [0.25, 0.3) is 0 Å². The lowest BCUT2D eigenvalue weighted by Gasteiger charge is -2.19. The van der Waals surface area contributed by atoms with Gasteiger partial charge in [0.15, 0.2) is 11.0 Å². The first kappa shape index (κ1) is 28.3. The minimum absolute atomic E-state index is 0.0818. The Balaban J connectivity index is 1.65. The van der Waals surface area contributed by atoms with E-state index < -0.39 is 10.0 Å². The lowest BCUT2D eigenvalue weighted by Crippen LogP contribution is -2.30. The van der Waals surface area contributed by atoms with Crippen LogP contribution in [-0.4, -0.2) is 59.3 Å². The monoisotopic (exact) mass is 565 g/mol. The first-order valence-electron chi connectivity index (χ1n) is 12.5. The highest BCUT2D eigenvalue weighted by atomic mass is 32.2. The van der Waals surface area contributed by atoms with Crippen molar-refractivity contribution in [1.29, 1.82) is 0 Å².